The lowest BCUT2D eigenvalue weighted by atomic mass is 10.2. The summed E-state index contributed by atoms with van der Waals surface area (Å²) in [6.07, 6.45) is 0. The molecule has 1 N–H and O–H groups in total. The van der Waals surface area contributed by atoms with E-state index in [0.29, 0.717) is 6.07 Å². The summed E-state index contributed by atoms with van der Waals surface area (Å²) in [5.41, 5.74) is -0.420. The number of carbonyl (C=O) groups is 1. The first-order valence-corrected chi connectivity index (χ1v) is 9.26. The molecule has 2 aromatic carbocycles. The topological polar surface area (TPSA) is 93.9 Å². The van der Waals surface area contributed by atoms with Gasteiger partial charge in [-0.1, -0.05) is 28.9 Å². The van der Waals surface area contributed by atoms with Crippen LogP contribution in [-0.2, 0) is 10.0 Å². The largest absolute Gasteiger partial charge is 0.287 e. The first kappa shape index (κ1) is 18.9. The monoisotopic (exact) mass is 412 g/mol. The molecular weight excluding hydrogens is 402 g/mol. The molecule has 0 spiro atoms. The molecule has 27 heavy (non-hydrogen) atoms. The average Bonchev–Trinajstić information content (AvgIpc) is 2.96. The van der Waals surface area contributed by atoms with Gasteiger partial charge < -0.3 is 0 Å². The van der Waals surface area contributed by atoms with Crippen LogP contribution < -0.4 is 4.72 Å². The van der Waals surface area contributed by atoms with Crippen molar-refractivity contribution in [2.45, 2.75) is 11.8 Å². The number of amides is 1. The predicted octanol–water partition coefficient (Wildman–Crippen LogP) is 2.63. The van der Waals surface area contributed by atoms with E-state index in [9.17, 15) is 22.0 Å². The molecule has 1 amide bonds. The highest BCUT2D eigenvalue weighted by atomic mass is 35.5. The van der Waals surface area contributed by atoms with Gasteiger partial charge in [-0.3, -0.25) is 4.79 Å². The molecule has 0 aliphatic rings. The van der Waals surface area contributed by atoms with E-state index in [2.05, 4.69) is 10.3 Å². The number of nitrogens with one attached hydrogen (secondary N) is 1. The number of nitrogens with zero attached hydrogens (tertiary/aromatic N) is 3. The fourth-order valence-electron chi connectivity index (χ4n) is 2.31. The molecule has 0 radical (unpaired) electrons. The smallest absolute Gasteiger partial charge is 0.266 e. The van der Waals surface area contributed by atoms with Crippen LogP contribution in [0.15, 0.2) is 47.4 Å². The summed E-state index contributed by atoms with van der Waals surface area (Å²) in [5, 5.41) is 7.18. The normalized spacial score (nSPS) is 11.4. The Morgan fingerprint density at radius 1 is 1.19 bits per heavy atom. The first-order chi connectivity index (χ1) is 12.7. The number of hydrogen-bond donors (Lipinski definition) is 1. The Morgan fingerprint density at radius 3 is 2.56 bits per heavy atom. The van der Waals surface area contributed by atoms with Crippen molar-refractivity contribution in [1.29, 1.82) is 0 Å². The average molecular weight is 413 g/mol. The minimum Gasteiger partial charge on any atom is -0.266 e. The Morgan fingerprint density at radius 2 is 1.89 bits per heavy atom. The van der Waals surface area contributed by atoms with Gasteiger partial charge >= 0.3 is 0 Å². The van der Waals surface area contributed by atoms with E-state index in [1.54, 1.807) is 0 Å². The zero-order chi connectivity index (χ0) is 19.8. The summed E-state index contributed by atoms with van der Waals surface area (Å²) in [5.74, 6) is -2.77. The van der Waals surface area contributed by atoms with E-state index in [4.69, 9.17) is 11.6 Å². The summed E-state index contributed by atoms with van der Waals surface area (Å²) in [6.45, 7) is 1.39. The van der Waals surface area contributed by atoms with Gasteiger partial charge in [0.05, 0.1) is 10.7 Å². The zero-order valence-corrected chi connectivity index (χ0v) is 15.2. The molecule has 0 saturated carbocycles. The predicted molar refractivity (Wildman–Crippen MR) is 92.1 cm³/mol. The van der Waals surface area contributed by atoms with Gasteiger partial charge in [0.15, 0.2) is 11.5 Å². The number of carbonyl (C=O) groups excluding carboxylic acids is 1. The van der Waals surface area contributed by atoms with Crippen LogP contribution in [0.2, 0.25) is 5.02 Å². The molecule has 0 bridgehead atoms. The summed E-state index contributed by atoms with van der Waals surface area (Å²) < 4.78 is 54.5. The van der Waals surface area contributed by atoms with Crippen LogP contribution in [0.4, 0.5) is 8.78 Å². The van der Waals surface area contributed by atoms with Crippen molar-refractivity contribution in [3.05, 3.63) is 70.5 Å². The third-order valence-corrected chi connectivity index (χ3v) is 5.43. The molecular formula is C16H11ClF2N4O3S. The van der Waals surface area contributed by atoms with Crippen LogP contribution in [0.3, 0.4) is 0 Å². The van der Waals surface area contributed by atoms with Crippen molar-refractivity contribution in [2.24, 2.45) is 0 Å². The number of halogens is 3. The second kappa shape index (κ2) is 7.05. The van der Waals surface area contributed by atoms with Gasteiger partial charge in [0.2, 0.25) is 0 Å². The summed E-state index contributed by atoms with van der Waals surface area (Å²) in [7, 11) is -4.26. The summed E-state index contributed by atoms with van der Waals surface area (Å²) in [6, 6.07) is 8.36. The maximum atomic E-state index is 13.9. The molecule has 0 saturated heterocycles. The van der Waals surface area contributed by atoms with E-state index < -0.39 is 27.6 Å². The molecule has 0 unspecified atom stereocenters. The molecule has 140 valence electrons. The molecule has 3 aromatic rings. The zero-order valence-electron chi connectivity index (χ0n) is 13.6. The van der Waals surface area contributed by atoms with Gasteiger partial charge in [-0.2, -0.15) is 0 Å². The van der Waals surface area contributed by atoms with Crippen molar-refractivity contribution in [2.75, 3.05) is 0 Å². The van der Waals surface area contributed by atoms with E-state index in [1.807, 2.05) is 4.72 Å². The lowest BCUT2D eigenvalue weighted by molar-refractivity contribution is 0.0976. The Balaban J connectivity index is 1.93. The molecule has 11 heteroatoms. The summed E-state index contributed by atoms with van der Waals surface area (Å²) >= 11 is 5.85. The molecule has 0 aliphatic heterocycles. The molecule has 1 aromatic heterocycles. The number of sulfonamides is 1. The number of benzene rings is 2. The van der Waals surface area contributed by atoms with E-state index in [1.165, 1.54) is 31.2 Å². The van der Waals surface area contributed by atoms with Gasteiger partial charge in [0.25, 0.3) is 15.9 Å². The van der Waals surface area contributed by atoms with Gasteiger partial charge in [-0.25, -0.2) is 26.6 Å². The highest BCUT2D eigenvalue weighted by molar-refractivity contribution is 7.90. The van der Waals surface area contributed by atoms with Crippen molar-refractivity contribution in [3.8, 4) is 5.69 Å². The third-order valence-electron chi connectivity index (χ3n) is 3.60. The molecule has 3 rings (SSSR count). The number of aromatic nitrogens is 3. The Kier molecular flexibility index (Phi) is 4.94. The molecule has 0 fully saturated rings. The quantitative estimate of drug-likeness (QED) is 0.711. The second-order valence-corrected chi connectivity index (χ2v) is 7.45. The maximum Gasteiger partial charge on any atom is 0.287 e. The van der Waals surface area contributed by atoms with Crippen molar-refractivity contribution < 1.29 is 22.0 Å². The van der Waals surface area contributed by atoms with Gasteiger partial charge in [-0.15, -0.1) is 5.10 Å². The molecule has 7 nitrogen and oxygen atoms in total. The van der Waals surface area contributed by atoms with E-state index >= 15 is 0 Å². The molecule has 0 atom stereocenters. The minimum absolute atomic E-state index is 0.0624. The Labute approximate surface area is 157 Å². The SMILES string of the molecule is Cc1c(C(=O)NS(=O)(=O)c2ccccc2Cl)nnn1-c1ccc(F)cc1F. The maximum absolute atomic E-state index is 13.9. The minimum atomic E-state index is -4.26. The number of hydrogen-bond acceptors (Lipinski definition) is 5. The van der Waals surface area contributed by atoms with Gasteiger partial charge in [-0.05, 0) is 31.2 Å². The highest BCUT2D eigenvalue weighted by Gasteiger charge is 2.25. The van der Waals surface area contributed by atoms with Crippen molar-refractivity contribution in [3.63, 3.8) is 0 Å². The van der Waals surface area contributed by atoms with Gasteiger partial charge in [0, 0.05) is 6.07 Å². The lowest BCUT2D eigenvalue weighted by Gasteiger charge is -2.08. The van der Waals surface area contributed by atoms with E-state index in [0.717, 1.165) is 16.8 Å². The van der Waals surface area contributed by atoms with Gasteiger partial charge in [0.1, 0.15) is 16.4 Å². The van der Waals surface area contributed by atoms with E-state index in [-0.39, 0.29) is 27.0 Å². The third kappa shape index (κ3) is 3.67. The first-order valence-electron chi connectivity index (χ1n) is 7.40. The van der Waals surface area contributed by atoms with Crippen molar-refractivity contribution >= 4 is 27.5 Å². The van der Waals surface area contributed by atoms with Crippen molar-refractivity contribution in [1.82, 2.24) is 19.7 Å². The standard InChI is InChI=1S/C16H11ClF2N4O3S/c1-9-15(20-22-23(9)13-7-6-10(18)8-12(13)19)16(24)21-27(25,26)14-5-3-2-4-11(14)17/h2-8H,1H3,(H,21,24). The summed E-state index contributed by atoms with van der Waals surface area (Å²) in [4.78, 5) is 12.1. The van der Waals surface area contributed by atoms with Crippen LogP contribution in [0, 0.1) is 18.6 Å². The fraction of sp³-hybridized carbons (Fsp3) is 0.0625. The van der Waals surface area contributed by atoms with Crippen LogP contribution in [0.1, 0.15) is 16.2 Å². The van der Waals surface area contributed by atoms with Crippen LogP contribution >= 0.6 is 11.6 Å². The Bertz CT molecular complexity index is 1150. The van der Waals surface area contributed by atoms with Crippen LogP contribution in [0.5, 0.6) is 0 Å². The lowest BCUT2D eigenvalue weighted by Crippen LogP contribution is -2.31. The van der Waals surface area contributed by atoms with Crippen LogP contribution in [-0.4, -0.2) is 29.3 Å². The van der Waals surface area contributed by atoms with Crippen LogP contribution in [0.25, 0.3) is 5.69 Å². The molecule has 1 heterocycles. The highest BCUT2D eigenvalue weighted by Crippen LogP contribution is 2.21. The second-order valence-electron chi connectivity index (χ2n) is 5.40. The Hall–Kier alpha value is -2.85. The molecule has 0 aliphatic carbocycles. The fourth-order valence-corrected chi connectivity index (χ4v) is 3.78. The number of rotatable bonds is 4.